The van der Waals surface area contributed by atoms with E-state index in [-0.39, 0.29) is 28.2 Å². The Morgan fingerprint density at radius 1 is 1.23 bits per heavy atom. The number of hydrogen-bond donors (Lipinski definition) is 3. The first-order valence-corrected chi connectivity index (χ1v) is 7.33. The number of anilines is 1. The van der Waals surface area contributed by atoms with Crippen LogP contribution in [-0.2, 0) is 0 Å². The monoisotopic (exact) mass is 345 g/mol. The van der Waals surface area contributed by atoms with Crippen LogP contribution in [-0.4, -0.2) is 21.3 Å². The molecule has 0 saturated carbocycles. The zero-order chi connectivity index (χ0) is 18.7. The van der Waals surface area contributed by atoms with Crippen molar-refractivity contribution in [2.75, 3.05) is 5.73 Å². The molecule has 2 heterocycles. The van der Waals surface area contributed by atoms with Gasteiger partial charge in [-0.1, -0.05) is 12.1 Å². The highest BCUT2D eigenvalue weighted by Gasteiger charge is 2.15. The number of aromatic nitrogens is 2. The number of rotatable bonds is 4. The van der Waals surface area contributed by atoms with Crippen LogP contribution in [0.3, 0.4) is 0 Å². The number of allylic oxidation sites excluding steroid dienone is 1. The van der Waals surface area contributed by atoms with Gasteiger partial charge in [0.25, 0.3) is 0 Å². The summed E-state index contributed by atoms with van der Waals surface area (Å²) in [5.74, 6) is -0.0984. The maximum atomic E-state index is 10.9. The van der Waals surface area contributed by atoms with Crippen molar-refractivity contribution < 1.29 is 14.3 Å². The Kier molecular flexibility index (Phi) is 4.25. The third-order valence-corrected chi connectivity index (χ3v) is 3.63. The summed E-state index contributed by atoms with van der Waals surface area (Å²) in [6.07, 6.45) is 1.46. The minimum atomic E-state index is -1.01. The molecule has 0 spiro atoms. The molecule has 4 N–H and O–H groups in total. The van der Waals surface area contributed by atoms with E-state index in [0.29, 0.717) is 17.1 Å². The molecule has 1 aromatic carbocycles. The number of carboxylic acids is 1. The van der Waals surface area contributed by atoms with Crippen LogP contribution in [0.4, 0.5) is 5.82 Å². The van der Waals surface area contributed by atoms with Gasteiger partial charge in [0.05, 0.1) is 16.8 Å². The van der Waals surface area contributed by atoms with E-state index in [4.69, 9.17) is 20.5 Å². The van der Waals surface area contributed by atoms with Gasteiger partial charge in [0.1, 0.15) is 29.2 Å². The minimum absolute atomic E-state index is 0.0160. The van der Waals surface area contributed by atoms with E-state index in [1.807, 2.05) is 12.1 Å². The molecule has 8 nitrogen and oxygen atoms in total. The van der Waals surface area contributed by atoms with E-state index in [0.717, 1.165) is 0 Å². The lowest BCUT2D eigenvalue weighted by atomic mass is 10.1. The van der Waals surface area contributed by atoms with Gasteiger partial charge in [-0.25, -0.2) is 4.79 Å². The van der Waals surface area contributed by atoms with E-state index in [1.165, 1.54) is 18.2 Å². The van der Waals surface area contributed by atoms with Gasteiger partial charge in [-0.05, 0) is 24.3 Å². The van der Waals surface area contributed by atoms with E-state index in [2.05, 4.69) is 10.2 Å². The predicted molar refractivity (Wildman–Crippen MR) is 92.3 cm³/mol. The number of aromatic amines is 1. The first-order valence-electron chi connectivity index (χ1n) is 7.33. The first kappa shape index (κ1) is 16.6. The molecule has 0 aliphatic heterocycles. The fourth-order valence-corrected chi connectivity index (χ4v) is 2.33. The average molecular weight is 345 g/mol. The molecule has 0 bridgehead atoms. The SMILES string of the molecule is N#C/C(=C\c1ccc(-c2ccc(C(=O)O)cc2)o1)c1[nH]nc(N)c1C#N. The molecule has 8 heteroatoms. The second-order valence-electron chi connectivity index (χ2n) is 5.22. The molecule has 0 atom stereocenters. The van der Waals surface area contributed by atoms with Crippen LogP contribution in [0.1, 0.15) is 27.4 Å². The first-order chi connectivity index (χ1) is 12.5. The molecule has 0 radical (unpaired) electrons. The Morgan fingerprint density at radius 3 is 2.58 bits per heavy atom. The van der Waals surface area contributed by atoms with Gasteiger partial charge in [-0.15, -0.1) is 0 Å². The maximum Gasteiger partial charge on any atom is 0.335 e. The molecular weight excluding hydrogens is 334 g/mol. The average Bonchev–Trinajstić information content (AvgIpc) is 3.26. The number of nitrogens with zero attached hydrogens (tertiary/aromatic N) is 3. The lowest BCUT2D eigenvalue weighted by Gasteiger charge is -1.98. The number of H-pyrrole nitrogens is 1. The third-order valence-electron chi connectivity index (χ3n) is 3.63. The van der Waals surface area contributed by atoms with Crippen LogP contribution in [0.5, 0.6) is 0 Å². The van der Waals surface area contributed by atoms with Crippen molar-refractivity contribution in [3.8, 4) is 23.5 Å². The number of nitrogens with two attached hydrogens (primary N) is 1. The zero-order valence-electron chi connectivity index (χ0n) is 13.2. The van der Waals surface area contributed by atoms with Crippen LogP contribution >= 0.6 is 0 Å². The van der Waals surface area contributed by atoms with Crippen LogP contribution in [0.2, 0.25) is 0 Å². The number of carbonyl (C=O) groups is 1. The topological polar surface area (TPSA) is 153 Å². The molecule has 2 aromatic heterocycles. The Balaban J connectivity index is 1.94. The van der Waals surface area contributed by atoms with Crippen molar-refractivity contribution in [3.63, 3.8) is 0 Å². The fourth-order valence-electron chi connectivity index (χ4n) is 2.33. The van der Waals surface area contributed by atoms with Gasteiger partial charge in [-0.3, -0.25) is 5.10 Å². The van der Waals surface area contributed by atoms with E-state index in [1.54, 1.807) is 24.3 Å². The summed E-state index contributed by atoms with van der Waals surface area (Å²) in [6, 6.07) is 13.4. The van der Waals surface area contributed by atoms with Gasteiger partial charge >= 0.3 is 5.97 Å². The number of nitriles is 2. The van der Waals surface area contributed by atoms with E-state index in [9.17, 15) is 10.1 Å². The van der Waals surface area contributed by atoms with Crippen molar-refractivity contribution in [1.82, 2.24) is 10.2 Å². The number of hydrogen-bond acceptors (Lipinski definition) is 6. The maximum absolute atomic E-state index is 10.9. The van der Waals surface area contributed by atoms with Gasteiger partial charge in [0, 0.05) is 11.6 Å². The standard InChI is InChI=1S/C18H11N5O3/c19-8-12(16-14(9-20)17(21)23-22-16)7-13-5-6-15(26-13)10-1-3-11(4-2-10)18(24)25/h1-7H,(H,24,25)(H3,21,22,23)/b12-7+. The van der Waals surface area contributed by atoms with Crippen LogP contribution in [0, 0.1) is 22.7 Å². The summed E-state index contributed by atoms with van der Waals surface area (Å²) in [5, 5.41) is 33.7. The summed E-state index contributed by atoms with van der Waals surface area (Å²) in [5.41, 5.74) is 6.91. The molecule has 0 aliphatic carbocycles. The third kappa shape index (κ3) is 3.03. The molecule has 126 valence electrons. The highest BCUT2D eigenvalue weighted by Crippen LogP contribution is 2.27. The molecule has 3 aromatic rings. The largest absolute Gasteiger partial charge is 0.478 e. The second-order valence-corrected chi connectivity index (χ2v) is 5.22. The molecule has 3 rings (SSSR count). The van der Waals surface area contributed by atoms with Crippen LogP contribution in [0.15, 0.2) is 40.8 Å². The zero-order valence-corrected chi connectivity index (χ0v) is 13.2. The lowest BCUT2D eigenvalue weighted by Crippen LogP contribution is -1.94. The molecule has 0 amide bonds. The van der Waals surface area contributed by atoms with Crippen LogP contribution in [0.25, 0.3) is 23.0 Å². The summed E-state index contributed by atoms with van der Waals surface area (Å²) < 4.78 is 5.68. The molecular formula is C18H11N5O3. The molecule has 0 saturated heterocycles. The fraction of sp³-hybridized carbons (Fsp3) is 0. The molecule has 26 heavy (non-hydrogen) atoms. The lowest BCUT2D eigenvalue weighted by molar-refractivity contribution is 0.0697. The Morgan fingerprint density at radius 2 is 1.96 bits per heavy atom. The van der Waals surface area contributed by atoms with Crippen molar-refractivity contribution in [2.24, 2.45) is 0 Å². The van der Waals surface area contributed by atoms with Gasteiger partial charge < -0.3 is 15.3 Å². The summed E-state index contributed by atoms with van der Waals surface area (Å²) >= 11 is 0. The van der Waals surface area contributed by atoms with E-state index >= 15 is 0 Å². The highest BCUT2D eigenvalue weighted by atomic mass is 16.4. The Labute approximate surface area is 147 Å². The number of benzene rings is 1. The minimum Gasteiger partial charge on any atom is -0.478 e. The molecule has 0 unspecified atom stereocenters. The number of carboxylic acid groups (broad SMARTS) is 1. The number of nitrogen functional groups attached to an aromatic ring is 1. The number of nitrogens with one attached hydrogen (secondary N) is 1. The number of aromatic carboxylic acids is 1. The van der Waals surface area contributed by atoms with Crippen LogP contribution < -0.4 is 5.73 Å². The Bertz CT molecular complexity index is 1090. The summed E-state index contributed by atoms with van der Waals surface area (Å²) in [7, 11) is 0. The van der Waals surface area contributed by atoms with Gasteiger partial charge in [0.15, 0.2) is 5.82 Å². The van der Waals surface area contributed by atoms with E-state index < -0.39 is 5.97 Å². The highest BCUT2D eigenvalue weighted by molar-refractivity contribution is 5.90. The molecule has 0 aliphatic rings. The quantitative estimate of drug-likeness (QED) is 0.614. The number of furan rings is 1. The second kappa shape index (κ2) is 6.67. The van der Waals surface area contributed by atoms with Crippen molar-refractivity contribution in [1.29, 1.82) is 10.5 Å². The van der Waals surface area contributed by atoms with Crippen molar-refractivity contribution >= 4 is 23.4 Å². The normalized spacial score (nSPS) is 10.9. The van der Waals surface area contributed by atoms with Gasteiger partial charge in [-0.2, -0.15) is 15.6 Å². The van der Waals surface area contributed by atoms with Crippen molar-refractivity contribution in [2.45, 2.75) is 0 Å². The smallest absolute Gasteiger partial charge is 0.335 e. The summed E-state index contributed by atoms with van der Waals surface area (Å²) in [4.78, 5) is 10.9. The molecule has 0 fully saturated rings. The van der Waals surface area contributed by atoms with Gasteiger partial charge in [0.2, 0.25) is 0 Å². The Hall–Kier alpha value is -4.30. The summed E-state index contributed by atoms with van der Waals surface area (Å²) in [6.45, 7) is 0. The predicted octanol–water partition coefficient (Wildman–Crippen LogP) is 2.89. The van der Waals surface area contributed by atoms with Crippen molar-refractivity contribution in [3.05, 3.63) is 59.0 Å².